The number of nitrogens with zero attached hydrogens (tertiary/aromatic N) is 5. The summed E-state index contributed by atoms with van der Waals surface area (Å²) in [5.74, 6) is 0.701. The van der Waals surface area contributed by atoms with E-state index in [0.717, 1.165) is 45.1 Å². The second kappa shape index (κ2) is 7.36. The van der Waals surface area contributed by atoms with E-state index in [-0.39, 0.29) is 11.9 Å². The van der Waals surface area contributed by atoms with Gasteiger partial charge in [-0.3, -0.25) is 14.6 Å². The maximum Gasteiger partial charge on any atom is 0.324 e. The van der Waals surface area contributed by atoms with Crippen molar-refractivity contribution < 1.29 is 9.59 Å². The van der Waals surface area contributed by atoms with Gasteiger partial charge >= 0.3 is 6.03 Å². The molecule has 23 heavy (non-hydrogen) atoms. The average Bonchev–Trinajstić information content (AvgIpc) is 3.02. The summed E-state index contributed by atoms with van der Waals surface area (Å²) >= 11 is 0. The zero-order chi connectivity index (χ0) is 16.1. The van der Waals surface area contributed by atoms with Crippen molar-refractivity contribution in [3.63, 3.8) is 0 Å². The highest BCUT2D eigenvalue weighted by Gasteiger charge is 2.26. The molecule has 0 atom stereocenters. The Balaban J connectivity index is 1.36. The SMILES string of the molecule is O=C1CCCN1C(=O)NCCN1CCN(c2ncccn2)CC1. The summed E-state index contributed by atoms with van der Waals surface area (Å²) in [7, 11) is 0. The summed E-state index contributed by atoms with van der Waals surface area (Å²) in [5.41, 5.74) is 0. The topological polar surface area (TPSA) is 81.7 Å². The molecule has 2 aliphatic heterocycles. The maximum absolute atomic E-state index is 11.9. The summed E-state index contributed by atoms with van der Waals surface area (Å²) in [6, 6.07) is 1.55. The third-order valence-corrected chi connectivity index (χ3v) is 4.23. The monoisotopic (exact) mass is 318 g/mol. The lowest BCUT2D eigenvalue weighted by atomic mass is 10.3. The molecule has 8 nitrogen and oxygen atoms in total. The minimum absolute atomic E-state index is 0.0704. The van der Waals surface area contributed by atoms with Gasteiger partial charge in [-0.2, -0.15) is 0 Å². The Kier molecular flexibility index (Phi) is 5.02. The van der Waals surface area contributed by atoms with Crippen LogP contribution in [0, 0.1) is 0 Å². The Morgan fingerprint density at radius 2 is 1.87 bits per heavy atom. The van der Waals surface area contributed by atoms with Gasteiger partial charge in [-0.25, -0.2) is 14.8 Å². The van der Waals surface area contributed by atoms with Crippen LogP contribution in [-0.4, -0.2) is 77.5 Å². The summed E-state index contributed by atoms with van der Waals surface area (Å²) in [5, 5.41) is 2.83. The molecule has 124 valence electrons. The van der Waals surface area contributed by atoms with Gasteiger partial charge in [0.2, 0.25) is 11.9 Å². The van der Waals surface area contributed by atoms with Crippen LogP contribution in [0.5, 0.6) is 0 Å². The number of nitrogens with one attached hydrogen (secondary N) is 1. The molecule has 2 aliphatic rings. The largest absolute Gasteiger partial charge is 0.338 e. The van der Waals surface area contributed by atoms with Gasteiger partial charge < -0.3 is 10.2 Å². The molecule has 3 heterocycles. The van der Waals surface area contributed by atoms with Crippen molar-refractivity contribution in [1.82, 2.24) is 25.1 Å². The van der Waals surface area contributed by atoms with Crippen molar-refractivity contribution in [2.75, 3.05) is 50.7 Å². The number of carbonyl (C=O) groups excluding carboxylic acids is 2. The van der Waals surface area contributed by atoms with Crippen LogP contribution in [0.4, 0.5) is 10.7 Å². The molecule has 0 spiro atoms. The molecule has 0 aliphatic carbocycles. The molecule has 0 radical (unpaired) electrons. The Labute approximate surface area is 135 Å². The van der Waals surface area contributed by atoms with E-state index in [0.29, 0.717) is 19.5 Å². The number of likely N-dealkylation sites (tertiary alicyclic amines) is 1. The molecule has 3 rings (SSSR count). The minimum atomic E-state index is -0.260. The van der Waals surface area contributed by atoms with Gasteiger partial charge in [0.1, 0.15) is 0 Å². The van der Waals surface area contributed by atoms with E-state index in [2.05, 4.69) is 25.1 Å². The first-order valence-corrected chi connectivity index (χ1v) is 8.06. The van der Waals surface area contributed by atoms with Crippen LogP contribution in [0.25, 0.3) is 0 Å². The number of anilines is 1. The number of piperazine rings is 1. The number of aromatic nitrogens is 2. The van der Waals surface area contributed by atoms with E-state index in [1.807, 2.05) is 6.07 Å². The number of carbonyl (C=O) groups is 2. The lowest BCUT2D eigenvalue weighted by Crippen LogP contribution is -2.50. The zero-order valence-corrected chi connectivity index (χ0v) is 13.1. The third-order valence-electron chi connectivity index (χ3n) is 4.23. The molecule has 1 N–H and O–H groups in total. The standard InChI is InChI=1S/C15H22N6O2/c22-13-3-1-7-21(13)15(23)18-6-8-19-9-11-20(12-10-19)14-16-4-2-5-17-14/h2,4-5H,1,3,6-12H2,(H,18,23). The van der Waals surface area contributed by atoms with Crippen LogP contribution in [-0.2, 0) is 4.79 Å². The fraction of sp³-hybridized carbons (Fsp3) is 0.600. The molecule has 0 bridgehead atoms. The predicted octanol–water partition coefficient (Wildman–Crippen LogP) is -0.0694. The van der Waals surface area contributed by atoms with Gasteiger partial charge in [0.25, 0.3) is 0 Å². The van der Waals surface area contributed by atoms with E-state index in [1.54, 1.807) is 12.4 Å². The summed E-state index contributed by atoms with van der Waals surface area (Å²) in [6.07, 6.45) is 4.76. The van der Waals surface area contributed by atoms with Gasteiger partial charge in [0.15, 0.2) is 0 Å². The second-order valence-electron chi connectivity index (χ2n) is 5.76. The highest BCUT2D eigenvalue weighted by atomic mass is 16.2. The number of imide groups is 1. The Morgan fingerprint density at radius 3 is 2.52 bits per heavy atom. The summed E-state index contributed by atoms with van der Waals surface area (Å²) in [4.78, 5) is 37.7. The van der Waals surface area contributed by atoms with Crippen LogP contribution < -0.4 is 10.2 Å². The maximum atomic E-state index is 11.9. The van der Waals surface area contributed by atoms with Crippen molar-refractivity contribution in [2.45, 2.75) is 12.8 Å². The van der Waals surface area contributed by atoms with Crippen molar-refractivity contribution in [3.05, 3.63) is 18.5 Å². The van der Waals surface area contributed by atoms with E-state index in [1.165, 1.54) is 4.90 Å². The van der Waals surface area contributed by atoms with Crippen LogP contribution in [0.1, 0.15) is 12.8 Å². The Hall–Kier alpha value is -2.22. The lowest BCUT2D eigenvalue weighted by Gasteiger charge is -2.34. The minimum Gasteiger partial charge on any atom is -0.338 e. The number of amides is 3. The lowest BCUT2D eigenvalue weighted by molar-refractivity contribution is -0.125. The van der Waals surface area contributed by atoms with Crippen LogP contribution >= 0.6 is 0 Å². The van der Waals surface area contributed by atoms with Crippen molar-refractivity contribution >= 4 is 17.9 Å². The fourth-order valence-corrected chi connectivity index (χ4v) is 2.91. The zero-order valence-electron chi connectivity index (χ0n) is 13.1. The molecular formula is C15H22N6O2. The first kappa shape index (κ1) is 15.7. The molecule has 8 heteroatoms. The molecule has 0 saturated carbocycles. The Bertz CT molecular complexity index is 544. The van der Waals surface area contributed by atoms with E-state index >= 15 is 0 Å². The number of hydrogen-bond acceptors (Lipinski definition) is 6. The van der Waals surface area contributed by atoms with Crippen LogP contribution in [0.3, 0.4) is 0 Å². The van der Waals surface area contributed by atoms with Crippen molar-refractivity contribution in [2.24, 2.45) is 0 Å². The number of urea groups is 1. The van der Waals surface area contributed by atoms with Crippen LogP contribution in [0.2, 0.25) is 0 Å². The fourth-order valence-electron chi connectivity index (χ4n) is 2.91. The highest BCUT2D eigenvalue weighted by molar-refractivity contribution is 5.95. The van der Waals surface area contributed by atoms with Crippen molar-refractivity contribution in [3.8, 4) is 0 Å². The molecular weight excluding hydrogens is 296 g/mol. The van der Waals surface area contributed by atoms with Gasteiger partial charge in [0.05, 0.1) is 0 Å². The first-order valence-electron chi connectivity index (χ1n) is 8.06. The van der Waals surface area contributed by atoms with E-state index in [9.17, 15) is 9.59 Å². The average molecular weight is 318 g/mol. The summed E-state index contributed by atoms with van der Waals surface area (Å²) < 4.78 is 0. The molecule has 0 aromatic carbocycles. The number of hydrogen-bond donors (Lipinski definition) is 1. The smallest absolute Gasteiger partial charge is 0.324 e. The van der Waals surface area contributed by atoms with Gasteiger partial charge in [0, 0.05) is 64.6 Å². The third kappa shape index (κ3) is 3.95. The van der Waals surface area contributed by atoms with Crippen molar-refractivity contribution in [1.29, 1.82) is 0 Å². The first-order chi connectivity index (χ1) is 11.2. The summed E-state index contributed by atoms with van der Waals surface area (Å²) in [6.45, 7) is 5.47. The van der Waals surface area contributed by atoms with E-state index < -0.39 is 0 Å². The molecule has 3 amide bonds. The molecule has 0 unspecified atom stereocenters. The predicted molar refractivity (Wildman–Crippen MR) is 85.0 cm³/mol. The van der Waals surface area contributed by atoms with Gasteiger partial charge in [-0.05, 0) is 12.5 Å². The number of rotatable bonds is 4. The molecule has 2 saturated heterocycles. The quantitative estimate of drug-likeness (QED) is 0.837. The normalized spacial score (nSPS) is 19.2. The molecule has 1 aromatic heterocycles. The second-order valence-corrected chi connectivity index (χ2v) is 5.76. The van der Waals surface area contributed by atoms with Gasteiger partial charge in [-0.15, -0.1) is 0 Å². The molecule has 2 fully saturated rings. The highest BCUT2D eigenvalue weighted by Crippen LogP contribution is 2.10. The van der Waals surface area contributed by atoms with Gasteiger partial charge in [-0.1, -0.05) is 0 Å². The van der Waals surface area contributed by atoms with E-state index in [4.69, 9.17) is 0 Å². The Morgan fingerprint density at radius 1 is 1.13 bits per heavy atom. The van der Waals surface area contributed by atoms with Crippen LogP contribution in [0.15, 0.2) is 18.5 Å². The molecule has 1 aromatic rings.